The molecule has 0 spiro atoms. The van der Waals surface area contributed by atoms with Crippen LogP contribution in [0.4, 0.5) is 5.69 Å². The fourth-order valence-corrected chi connectivity index (χ4v) is 4.21. The third-order valence-electron chi connectivity index (χ3n) is 5.51. The Morgan fingerprint density at radius 1 is 0.971 bits per heavy atom. The van der Waals surface area contributed by atoms with Gasteiger partial charge in [-0.1, -0.05) is 37.3 Å². The van der Waals surface area contributed by atoms with Crippen molar-refractivity contribution in [1.82, 2.24) is 5.32 Å². The zero-order chi connectivity index (χ0) is 24.9. The molecule has 6 nitrogen and oxygen atoms in total. The van der Waals surface area contributed by atoms with Crippen LogP contribution in [0.2, 0.25) is 0 Å². The molecule has 1 aliphatic heterocycles. The van der Waals surface area contributed by atoms with Gasteiger partial charge in [0.25, 0.3) is 11.8 Å². The summed E-state index contributed by atoms with van der Waals surface area (Å²) in [4.78, 5) is 27.2. The number of halogens is 1. The highest BCUT2D eigenvalue weighted by atomic mass is 127. The number of nitrogens with zero attached hydrogens (tertiary/aromatic N) is 1. The predicted octanol–water partition coefficient (Wildman–Crippen LogP) is 5.27. The lowest BCUT2D eigenvalue weighted by Gasteiger charge is -2.29. The molecule has 0 radical (unpaired) electrons. The molecule has 1 N–H and O–H groups in total. The number of nitrogens with one attached hydrogen (secondary N) is 1. The zero-order valence-electron chi connectivity index (χ0n) is 19.2. The van der Waals surface area contributed by atoms with Gasteiger partial charge in [0, 0.05) is 3.57 Å². The number of rotatable bonds is 7. The van der Waals surface area contributed by atoms with Gasteiger partial charge in [0.05, 0.1) is 12.8 Å². The van der Waals surface area contributed by atoms with Crippen molar-refractivity contribution in [3.63, 3.8) is 0 Å². The van der Waals surface area contributed by atoms with Crippen LogP contribution in [0.3, 0.4) is 0 Å². The molecule has 1 heterocycles. The Labute approximate surface area is 223 Å². The van der Waals surface area contributed by atoms with Crippen molar-refractivity contribution in [2.24, 2.45) is 0 Å². The Morgan fingerprint density at radius 2 is 1.66 bits per heavy atom. The summed E-state index contributed by atoms with van der Waals surface area (Å²) >= 11 is 7.54. The summed E-state index contributed by atoms with van der Waals surface area (Å²) in [6.07, 6.45) is 2.41. The van der Waals surface area contributed by atoms with Crippen molar-refractivity contribution < 1.29 is 19.1 Å². The molecule has 4 rings (SSSR count). The van der Waals surface area contributed by atoms with Gasteiger partial charge in [-0.25, -0.2) is 0 Å². The summed E-state index contributed by atoms with van der Waals surface area (Å²) in [5.74, 6) is 0.0305. The average Bonchev–Trinajstić information content (AvgIpc) is 2.86. The molecule has 8 heteroatoms. The average molecular weight is 598 g/mol. The monoisotopic (exact) mass is 598 g/mol. The molecule has 3 aromatic carbocycles. The second-order valence-electron chi connectivity index (χ2n) is 7.80. The van der Waals surface area contributed by atoms with Gasteiger partial charge in [0.15, 0.2) is 16.6 Å². The number of hydrogen-bond acceptors (Lipinski definition) is 5. The SMILES string of the molecule is CCc1ccc(N2C(=O)/C(=C/c3ccc(OCc4ccc(I)cc4)c(OC)c3)C(=O)NC2=S)cc1. The van der Waals surface area contributed by atoms with Gasteiger partial charge in [-0.05, 0) is 100 Å². The minimum absolute atomic E-state index is 0.0206. The van der Waals surface area contributed by atoms with E-state index in [0.717, 1.165) is 21.1 Å². The van der Waals surface area contributed by atoms with Crippen molar-refractivity contribution in [3.8, 4) is 11.5 Å². The Kier molecular flexibility index (Phi) is 7.82. The number of carbonyl (C=O) groups is 2. The van der Waals surface area contributed by atoms with Gasteiger partial charge < -0.3 is 9.47 Å². The van der Waals surface area contributed by atoms with E-state index in [1.165, 1.54) is 11.0 Å². The topological polar surface area (TPSA) is 67.9 Å². The first-order valence-corrected chi connectivity index (χ1v) is 12.4. The zero-order valence-corrected chi connectivity index (χ0v) is 22.2. The lowest BCUT2D eigenvalue weighted by molar-refractivity contribution is -0.122. The number of amides is 2. The van der Waals surface area contributed by atoms with Crippen molar-refractivity contribution >= 4 is 63.5 Å². The van der Waals surface area contributed by atoms with Crippen LogP contribution >= 0.6 is 34.8 Å². The highest BCUT2D eigenvalue weighted by Gasteiger charge is 2.34. The molecule has 1 fully saturated rings. The van der Waals surface area contributed by atoms with Crippen LogP contribution in [0, 0.1) is 3.57 Å². The van der Waals surface area contributed by atoms with Crippen molar-refractivity contribution in [2.75, 3.05) is 12.0 Å². The number of hydrogen-bond donors (Lipinski definition) is 1. The van der Waals surface area contributed by atoms with E-state index >= 15 is 0 Å². The van der Waals surface area contributed by atoms with Crippen LogP contribution in [0.25, 0.3) is 6.08 Å². The van der Waals surface area contributed by atoms with Gasteiger partial charge in [0.2, 0.25) is 0 Å². The Balaban J connectivity index is 1.57. The van der Waals surface area contributed by atoms with Gasteiger partial charge >= 0.3 is 0 Å². The van der Waals surface area contributed by atoms with Crippen molar-refractivity contribution in [3.05, 3.63) is 92.6 Å². The summed E-state index contributed by atoms with van der Waals surface area (Å²) in [6, 6.07) is 20.8. The van der Waals surface area contributed by atoms with Crippen LogP contribution < -0.4 is 19.7 Å². The molecule has 3 aromatic rings. The molecule has 0 atom stereocenters. The third kappa shape index (κ3) is 5.71. The summed E-state index contributed by atoms with van der Waals surface area (Å²) in [7, 11) is 1.54. The second kappa shape index (κ2) is 11.0. The molecule has 0 unspecified atom stereocenters. The summed E-state index contributed by atoms with van der Waals surface area (Å²) in [5, 5.41) is 2.67. The first-order valence-electron chi connectivity index (χ1n) is 10.9. The molecule has 1 aliphatic rings. The molecule has 35 heavy (non-hydrogen) atoms. The third-order valence-corrected chi connectivity index (χ3v) is 6.51. The first-order chi connectivity index (χ1) is 16.9. The lowest BCUT2D eigenvalue weighted by Crippen LogP contribution is -2.54. The standard InChI is InChI=1S/C27H23IN2O4S/c1-3-17-6-11-21(12-7-17)30-26(32)22(25(31)29-27(30)35)14-19-8-13-23(24(15-19)33-2)34-16-18-4-9-20(28)10-5-18/h4-15H,3,16H2,1-2H3,(H,29,31,35)/b22-14+. The minimum Gasteiger partial charge on any atom is -0.493 e. The number of benzene rings is 3. The van der Waals surface area contributed by atoms with E-state index in [1.54, 1.807) is 25.3 Å². The van der Waals surface area contributed by atoms with E-state index in [0.29, 0.717) is 29.4 Å². The van der Waals surface area contributed by atoms with E-state index in [2.05, 4.69) is 34.8 Å². The van der Waals surface area contributed by atoms with E-state index in [9.17, 15) is 9.59 Å². The number of methoxy groups -OCH3 is 1. The Hall–Kier alpha value is -3.24. The van der Waals surface area contributed by atoms with Crippen molar-refractivity contribution in [2.45, 2.75) is 20.0 Å². The molecule has 0 bridgehead atoms. The first kappa shape index (κ1) is 24.9. The molecule has 0 aromatic heterocycles. The highest BCUT2D eigenvalue weighted by molar-refractivity contribution is 14.1. The molecule has 178 valence electrons. The predicted molar refractivity (Wildman–Crippen MR) is 149 cm³/mol. The molecule has 0 saturated carbocycles. The molecular formula is C27H23IN2O4S. The lowest BCUT2D eigenvalue weighted by atomic mass is 10.1. The van der Waals surface area contributed by atoms with Gasteiger partial charge in [-0.3, -0.25) is 19.8 Å². The number of anilines is 1. The van der Waals surface area contributed by atoms with Gasteiger partial charge in [-0.15, -0.1) is 0 Å². The van der Waals surface area contributed by atoms with Crippen molar-refractivity contribution in [1.29, 1.82) is 0 Å². The number of thiocarbonyl (C=S) groups is 1. The highest BCUT2D eigenvalue weighted by Crippen LogP contribution is 2.30. The van der Waals surface area contributed by atoms with E-state index < -0.39 is 11.8 Å². The number of aryl methyl sites for hydroxylation is 1. The maximum absolute atomic E-state index is 13.3. The van der Waals surface area contributed by atoms with Crippen LogP contribution in [-0.2, 0) is 22.6 Å². The fourth-order valence-electron chi connectivity index (χ4n) is 3.57. The number of carbonyl (C=O) groups excluding carboxylic acids is 2. The summed E-state index contributed by atoms with van der Waals surface area (Å²) in [6.45, 7) is 2.44. The largest absolute Gasteiger partial charge is 0.493 e. The summed E-state index contributed by atoms with van der Waals surface area (Å²) in [5.41, 5.74) is 3.37. The molecule has 0 aliphatic carbocycles. The Bertz CT molecular complexity index is 1300. The van der Waals surface area contributed by atoms with Gasteiger partial charge in [0.1, 0.15) is 12.2 Å². The minimum atomic E-state index is -0.542. The normalized spacial score (nSPS) is 14.8. The molecular weight excluding hydrogens is 575 g/mol. The molecule has 1 saturated heterocycles. The van der Waals surface area contributed by atoms with E-state index in [-0.39, 0.29) is 10.7 Å². The summed E-state index contributed by atoms with van der Waals surface area (Å²) < 4.78 is 12.6. The van der Waals surface area contributed by atoms with Crippen LogP contribution in [0.15, 0.2) is 72.3 Å². The number of ether oxygens (including phenoxy) is 2. The van der Waals surface area contributed by atoms with Crippen LogP contribution in [0.5, 0.6) is 11.5 Å². The maximum atomic E-state index is 13.3. The van der Waals surface area contributed by atoms with Crippen LogP contribution in [0.1, 0.15) is 23.6 Å². The Morgan fingerprint density at radius 3 is 2.31 bits per heavy atom. The van der Waals surface area contributed by atoms with E-state index in [1.807, 2.05) is 48.5 Å². The molecule has 2 amide bonds. The quantitative estimate of drug-likeness (QED) is 0.174. The van der Waals surface area contributed by atoms with E-state index in [4.69, 9.17) is 21.7 Å². The fraction of sp³-hybridized carbons (Fsp3) is 0.148. The maximum Gasteiger partial charge on any atom is 0.270 e. The smallest absolute Gasteiger partial charge is 0.270 e. The van der Waals surface area contributed by atoms with Gasteiger partial charge in [-0.2, -0.15) is 0 Å². The van der Waals surface area contributed by atoms with Crippen LogP contribution in [-0.4, -0.2) is 24.0 Å². The second-order valence-corrected chi connectivity index (χ2v) is 9.44.